The number of likely N-dealkylation sites (tertiary alicyclic amines) is 1. The topological polar surface area (TPSA) is 3.24 Å². The molecule has 2 rings (SSSR count). The van der Waals surface area contributed by atoms with E-state index in [9.17, 15) is 0 Å². The zero-order valence-corrected chi connectivity index (χ0v) is 7.77. The highest BCUT2D eigenvalue weighted by Crippen LogP contribution is 2.52. The van der Waals surface area contributed by atoms with Gasteiger partial charge in [-0.2, -0.15) is 0 Å². The van der Waals surface area contributed by atoms with Crippen molar-refractivity contribution in [3.05, 3.63) is 0 Å². The highest BCUT2D eigenvalue weighted by atomic mass is 15.2. The van der Waals surface area contributed by atoms with Gasteiger partial charge in [-0.05, 0) is 43.7 Å². The highest BCUT2D eigenvalue weighted by Gasteiger charge is 2.46. The average Bonchev–Trinajstić information content (AvgIpc) is 2.59. The van der Waals surface area contributed by atoms with Crippen LogP contribution in [0.15, 0.2) is 0 Å². The Labute approximate surface area is 69.8 Å². The zero-order valence-electron chi connectivity index (χ0n) is 7.77. The van der Waals surface area contributed by atoms with E-state index in [-0.39, 0.29) is 0 Å². The molecule has 0 spiro atoms. The van der Waals surface area contributed by atoms with Gasteiger partial charge in [0.15, 0.2) is 0 Å². The lowest BCUT2D eigenvalue weighted by atomic mass is 9.91. The van der Waals surface area contributed by atoms with Crippen LogP contribution in [0, 0.1) is 11.3 Å². The summed E-state index contributed by atoms with van der Waals surface area (Å²) in [4.78, 5) is 2.62. The van der Waals surface area contributed by atoms with E-state index in [2.05, 4.69) is 18.7 Å². The molecule has 0 amide bonds. The summed E-state index contributed by atoms with van der Waals surface area (Å²) in [7, 11) is 0. The lowest BCUT2D eigenvalue weighted by Gasteiger charge is -2.35. The Bertz CT molecular complexity index is 143. The fourth-order valence-corrected chi connectivity index (χ4v) is 2.06. The second kappa shape index (κ2) is 2.48. The van der Waals surface area contributed by atoms with Gasteiger partial charge in [0.1, 0.15) is 0 Å². The minimum absolute atomic E-state index is 0.750. The van der Waals surface area contributed by atoms with Crippen molar-refractivity contribution in [1.82, 2.24) is 4.90 Å². The first-order chi connectivity index (χ1) is 5.23. The summed E-state index contributed by atoms with van der Waals surface area (Å²) in [5, 5.41) is 0. The largest absolute Gasteiger partial charge is 0.303 e. The maximum Gasteiger partial charge on any atom is 0.00404 e. The first-order valence-electron chi connectivity index (χ1n) is 4.95. The summed E-state index contributed by atoms with van der Waals surface area (Å²) in [6.07, 6.45) is 4.41. The molecule has 2 fully saturated rings. The van der Waals surface area contributed by atoms with Gasteiger partial charge in [-0.1, -0.05) is 13.8 Å². The summed E-state index contributed by atoms with van der Waals surface area (Å²) in [6, 6.07) is 0. The van der Waals surface area contributed by atoms with Crippen LogP contribution < -0.4 is 0 Å². The molecular weight excluding hydrogens is 134 g/mol. The molecule has 1 heterocycles. The van der Waals surface area contributed by atoms with Gasteiger partial charge in [0.05, 0.1) is 0 Å². The van der Waals surface area contributed by atoms with Crippen molar-refractivity contribution < 1.29 is 0 Å². The van der Waals surface area contributed by atoms with E-state index < -0.39 is 0 Å². The van der Waals surface area contributed by atoms with E-state index in [0.29, 0.717) is 0 Å². The molecule has 0 N–H and O–H groups in total. The van der Waals surface area contributed by atoms with E-state index in [1.54, 1.807) is 0 Å². The van der Waals surface area contributed by atoms with E-state index in [4.69, 9.17) is 0 Å². The van der Waals surface area contributed by atoms with Crippen molar-refractivity contribution in [2.45, 2.75) is 33.1 Å². The Morgan fingerprint density at radius 2 is 1.91 bits per heavy atom. The monoisotopic (exact) mass is 153 g/mol. The second-order valence-electron chi connectivity index (χ2n) is 4.65. The average molecular weight is 153 g/mol. The molecule has 1 aliphatic heterocycles. The molecule has 1 nitrogen and oxygen atoms in total. The molecule has 64 valence electrons. The molecular formula is C10H19N. The fraction of sp³-hybridized carbons (Fsp3) is 1.00. The van der Waals surface area contributed by atoms with Gasteiger partial charge in [-0.3, -0.25) is 0 Å². The van der Waals surface area contributed by atoms with Crippen molar-refractivity contribution in [3.8, 4) is 0 Å². The second-order valence-corrected chi connectivity index (χ2v) is 4.65. The van der Waals surface area contributed by atoms with E-state index in [0.717, 1.165) is 11.3 Å². The Hall–Kier alpha value is -0.0400. The standard InChI is InChI=1S/C10H19N/c1-9(2)10(4-5-10)8-11-6-3-7-11/h9H,3-8H2,1-2H3. The van der Waals surface area contributed by atoms with Crippen LogP contribution in [0.4, 0.5) is 0 Å². The predicted molar refractivity (Wildman–Crippen MR) is 47.6 cm³/mol. The number of hydrogen-bond acceptors (Lipinski definition) is 1. The molecule has 0 bridgehead atoms. The van der Waals surface area contributed by atoms with E-state index in [1.165, 1.54) is 38.9 Å². The number of rotatable bonds is 3. The molecule has 1 heteroatoms. The molecule has 1 saturated carbocycles. The van der Waals surface area contributed by atoms with Crippen LogP contribution in [-0.4, -0.2) is 24.5 Å². The minimum Gasteiger partial charge on any atom is -0.303 e. The van der Waals surface area contributed by atoms with Gasteiger partial charge >= 0.3 is 0 Å². The Kier molecular flexibility index (Phi) is 1.71. The first-order valence-corrected chi connectivity index (χ1v) is 4.95. The summed E-state index contributed by atoms with van der Waals surface area (Å²) in [6.45, 7) is 8.90. The van der Waals surface area contributed by atoms with Crippen LogP contribution in [0.2, 0.25) is 0 Å². The SMILES string of the molecule is CC(C)C1(CN2CCC2)CC1. The fourth-order valence-electron chi connectivity index (χ4n) is 2.06. The molecule has 0 aromatic rings. The Balaban J connectivity index is 1.83. The molecule has 1 saturated heterocycles. The summed E-state index contributed by atoms with van der Waals surface area (Å²) in [5.74, 6) is 0.906. The lowest BCUT2D eigenvalue weighted by molar-refractivity contribution is 0.124. The van der Waals surface area contributed by atoms with Gasteiger partial charge in [0.25, 0.3) is 0 Å². The molecule has 11 heavy (non-hydrogen) atoms. The molecule has 0 aromatic carbocycles. The van der Waals surface area contributed by atoms with E-state index in [1.807, 2.05) is 0 Å². The van der Waals surface area contributed by atoms with Gasteiger partial charge in [-0.15, -0.1) is 0 Å². The molecule has 0 aromatic heterocycles. The summed E-state index contributed by atoms with van der Waals surface area (Å²) in [5.41, 5.74) is 0.750. The van der Waals surface area contributed by atoms with Crippen molar-refractivity contribution in [1.29, 1.82) is 0 Å². The Morgan fingerprint density at radius 1 is 1.27 bits per heavy atom. The van der Waals surface area contributed by atoms with Crippen LogP contribution in [0.25, 0.3) is 0 Å². The highest BCUT2D eigenvalue weighted by molar-refractivity contribution is 4.98. The van der Waals surface area contributed by atoms with Crippen molar-refractivity contribution >= 4 is 0 Å². The third-order valence-electron chi connectivity index (χ3n) is 3.60. The van der Waals surface area contributed by atoms with Gasteiger partial charge < -0.3 is 4.90 Å². The van der Waals surface area contributed by atoms with Crippen LogP contribution in [0.5, 0.6) is 0 Å². The van der Waals surface area contributed by atoms with Crippen molar-refractivity contribution in [2.75, 3.05) is 19.6 Å². The molecule has 2 aliphatic rings. The normalized spacial score (nSPS) is 28.6. The minimum atomic E-state index is 0.750. The molecule has 0 radical (unpaired) electrons. The van der Waals surface area contributed by atoms with Crippen LogP contribution in [0.3, 0.4) is 0 Å². The van der Waals surface area contributed by atoms with Gasteiger partial charge in [-0.25, -0.2) is 0 Å². The number of hydrogen-bond donors (Lipinski definition) is 0. The first kappa shape index (κ1) is 7.60. The third kappa shape index (κ3) is 1.31. The van der Waals surface area contributed by atoms with Gasteiger partial charge in [0.2, 0.25) is 0 Å². The summed E-state index contributed by atoms with van der Waals surface area (Å²) >= 11 is 0. The van der Waals surface area contributed by atoms with E-state index >= 15 is 0 Å². The smallest absolute Gasteiger partial charge is 0.00404 e. The predicted octanol–water partition coefficient (Wildman–Crippen LogP) is 2.13. The van der Waals surface area contributed by atoms with Gasteiger partial charge in [0, 0.05) is 6.54 Å². The molecule has 0 unspecified atom stereocenters. The van der Waals surface area contributed by atoms with Crippen molar-refractivity contribution in [2.24, 2.45) is 11.3 Å². The maximum absolute atomic E-state index is 2.62. The third-order valence-corrected chi connectivity index (χ3v) is 3.60. The molecule has 1 aliphatic carbocycles. The number of nitrogens with zero attached hydrogens (tertiary/aromatic N) is 1. The summed E-state index contributed by atoms with van der Waals surface area (Å²) < 4.78 is 0. The van der Waals surface area contributed by atoms with Crippen LogP contribution in [-0.2, 0) is 0 Å². The Morgan fingerprint density at radius 3 is 2.18 bits per heavy atom. The van der Waals surface area contributed by atoms with Crippen LogP contribution >= 0.6 is 0 Å². The molecule has 0 atom stereocenters. The van der Waals surface area contributed by atoms with Crippen LogP contribution in [0.1, 0.15) is 33.1 Å². The maximum atomic E-state index is 2.62. The van der Waals surface area contributed by atoms with Crippen molar-refractivity contribution in [3.63, 3.8) is 0 Å². The zero-order chi connectivity index (χ0) is 7.90. The lowest BCUT2D eigenvalue weighted by Crippen LogP contribution is -2.42. The quantitative estimate of drug-likeness (QED) is 0.600.